The lowest BCUT2D eigenvalue weighted by Gasteiger charge is -2.05. The second-order valence-electron chi connectivity index (χ2n) is 3.94. The highest BCUT2D eigenvalue weighted by Gasteiger charge is 2.07. The number of hydrogen-bond donors (Lipinski definition) is 0. The molecule has 0 aliphatic heterocycles. The van der Waals surface area contributed by atoms with Gasteiger partial charge >= 0.3 is 0 Å². The van der Waals surface area contributed by atoms with Crippen molar-refractivity contribution in [1.82, 2.24) is 4.98 Å². The summed E-state index contributed by atoms with van der Waals surface area (Å²) in [5.41, 5.74) is 3.55. The van der Waals surface area contributed by atoms with E-state index in [1.54, 1.807) is 12.3 Å². The molecule has 86 valence electrons. The van der Waals surface area contributed by atoms with E-state index < -0.39 is 0 Å². The van der Waals surface area contributed by atoms with Gasteiger partial charge in [0.2, 0.25) is 0 Å². The monoisotopic (exact) mass is 245 g/mol. The van der Waals surface area contributed by atoms with Crippen molar-refractivity contribution < 1.29 is 4.79 Å². The maximum Gasteiger partial charge on any atom is 0.161 e. The lowest BCUT2D eigenvalue weighted by atomic mass is 10.0. The molecule has 0 aliphatic rings. The molecule has 0 spiro atoms. The fraction of sp³-hybridized carbons (Fsp3) is 0.143. The van der Waals surface area contributed by atoms with Gasteiger partial charge in [0.15, 0.2) is 5.78 Å². The molecule has 0 atom stereocenters. The number of rotatable bonds is 2. The average molecular weight is 246 g/mol. The van der Waals surface area contributed by atoms with Gasteiger partial charge in [-0.25, -0.2) is 0 Å². The summed E-state index contributed by atoms with van der Waals surface area (Å²) < 4.78 is 0. The smallest absolute Gasteiger partial charge is 0.161 e. The first-order valence-corrected chi connectivity index (χ1v) is 5.69. The van der Waals surface area contributed by atoms with Crippen LogP contribution in [0.4, 0.5) is 0 Å². The third-order valence-electron chi connectivity index (χ3n) is 2.58. The highest BCUT2D eigenvalue weighted by Crippen LogP contribution is 2.26. The standard InChI is InChI=1S/C14H12ClNO/c1-9-7-12(5-6-16-9)11-3-4-13(10(2)17)14(15)8-11/h3-8H,1-2H3. The number of benzene rings is 1. The minimum Gasteiger partial charge on any atom is -0.294 e. The van der Waals surface area contributed by atoms with Crippen molar-refractivity contribution in [2.24, 2.45) is 0 Å². The van der Waals surface area contributed by atoms with Crippen LogP contribution in [0.1, 0.15) is 23.0 Å². The Bertz CT molecular complexity index is 578. The molecule has 0 aliphatic carbocycles. The van der Waals surface area contributed by atoms with Crippen LogP contribution in [0.5, 0.6) is 0 Å². The maximum atomic E-state index is 11.3. The number of halogens is 1. The van der Waals surface area contributed by atoms with Crippen LogP contribution in [0.2, 0.25) is 5.02 Å². The topological polar surface area (TPSA) is 30.0 Å². The zero-order chi connectivity index (χ0) is 12.4. The number of aromatic nitrogens is 1. The number of carbonyl (C=O) groups is 1. The van der Waals surface area contributed by atoms with Crippen molar-refractivity contribution >= 4 is 17.4 Å². The molecule has 1 aromatic carbocycles. The fourth-order valence-electron chi connectivity index (χ4n) is 1.71. The number of ketones is 1. The van der Waals surface area contributed by atoms with Crippen LogP contribution in [0.15, 0.2) is 36.5 Å². The van der Waals surface area contributed by atoms with Gasteiger partial charge < -0.3 is 0 Å². The zero-order valence-electron chi connectivity index (χ0n) is 9.70. The third kappa shape index (κ3) is 2.53. The van der Waals surface area contributed by atoms with E-state index in [-0.39, 0.29) is 5.78 Å². The summed E-state index contributed by atoms with van der Waals surface area (Å²) in [4.78, 5) is 15.4. The van der Waals surface area contributed by atoms with Gasteiger partial charge in [0.05, 0.1) is 5.02 Å². The highest BCUT2D eigenvalue weighted by atomic mass is 35.5. The molecule has 1 heterocycles. The Morgan fingerprint density at radius 2 is 1.88 bits per heavy atom. The van der Waals surface area contributed by atoms with Crippen LogP contribution >= 0.6 is 11.6 Å². The first kappa shape index (κ1) is 11.8. The second-order valence-corrected chi connectivity index (χ2v) is 4.34. The lowest BCUT2D eigenvalue weighted by Crippen LogP contribution is -1.93. The van der Waals surface area contributed by atoms with Crippen LogP contribution in [0.3, 0.4) is 0 Å². The molecular formula is C14H12ClNO. The van der Waals surface area contributed by atoms with Crippen LogP contribution in [0.25, 0.3) is 11.1 Å². The molecular weight excluding hydrogens is 234 g/mol. The Morgan fingerprint density at radius 1 is 1.18 bits per heavy atom. The summed E-state index contributed by atoms with van der Waals surface area (Å²) in [6.07, 6.45) is 1.76. The quantitative estimate of drug-likeness (QED) is 0.751. The SMILES string of the molecule is CC(=O)c1ccc(-c2ccnc(C)c2)cc1Cl. The molecule has 17 heavy (non-hydrogen) atoms. The van der Waals surface area contributed by atoms with E-state index in [0.29, 0.717) is 10.6 Å². The Labute approximate surface area is 105 Å². The predicted molar refractivity (Wildman–Crippen MR) is 69.4 cm³/mol. The molecule has 2 nitrogen and oxygen atoms in total. The first-order valence-electron chi connectivity index (χ1n) is 5.31. The molecule has 2 rings (SSSR count). The molecule has 0 fully saturated rings. The largest absolute Gasteiger partial charge is 0.294 e. The van der Waals surface area contributed by atoms with Crippen LogP contribution in [-0.2, 0) is 0 Å². The number of nitrogens with zero attached hydrogens (tertiary/aromatic N) is 1. The van der Waals surface area contributed by atoms with Crippen molar-refractivity contribution in [3.05, 3.63) is 52.8 Å². The van der Waals surface area contributed by atoms with E-state index in [9.17, 15) is 4.79 Å². The lowest BCUT2D eigenvalue weighted by molar-refractivity contribution is 0.101. The molecule has 2 aromatic rings. The minimum atomic E-state index is -0.0209. The molecule has 3 heteroatoms. The van der Waals surface area contributed by atoms with E-state index in [4.69, 9.17) is 11.6 Å². The number of carbonyl (C=O) groups excluding carboxylic acids is 1. The molecule has 0 bridgehead atoms. The van der Waals surface area contributed by atoms with Crippen LogP contribution in [-0.4, -0.2) is 10.8 Å². The highest BCUT2D eigenvalue weighted by molar-refractivity contribution is 6.34. The van der Waals surface area contributed by atoms with Crippen LogP contribution in [0, 0.1) is 6.92 Å². The molecule has 0 N–H and O–H groups in total. The zero-order valence-corrected chi connectivity index (χ0v) is 10.5. The summed E-state index contributed by atoms with van der Waals surface area (Å²) in [7, 11) is 0. The van der Waals surface area contributed by atoms with Crippen LogP contribution < -0.4 is 0 Å². The van der Waals surface area contributed by atoms with Gasteiger partial charge in [-0.05, 0) is 49.2 Å². The van der Waals surface area contributed by atoms with Crippen molar-refractivity contribution in [2.45, 2.75) is 13.8 Å². The molecule has 0 saturated heterocycles. The van der Waals surface area contributed by atoms with Crippen molar-refractivity contribution in [1.29, 1.82) is 0 Å². The van der Waals surface area contributed by atoms with Gasteiger partial charge in [-0.2, -0.15) is 0 Å². The normalized spacial score (nSPS) is 10.3. The summed E-state index contributed by atoms with van der Waals surface area (Å²) in [6.45, 7) is 3.45. The first-order chi connectivity index (χ1) is 8.08. The van der Waals surface area contributed by atoms with Crippen molar-refractivity contribution in [3.63, 3.8) is 0 Å². The molecule has 0 unspecified atom stereocenters. The summed E-state index contributed by atoms with van der Waals surface area (Å²) in [5, 5.41) is 0.490. The summed E-state index contributed by atoms with van der Waals surface area (Å²) in [6, 6.07) is 9.38. The number of aryl methyl sites for hydroxylation is 1. The molecule has 0 saturated carbocycles. The van der Waals surface area contributed by atoms with Crippen molar-refractivity contribution in [2.75, 3.05) is 0 Å². The van der Waals surface area contributed by atoms with Crippen molar-refractivity contribution in [3.8, 4) is 11.1 Å². The summed E-state index contributed by atoms with van der Waals surface area (Å²) in [5.74, 6) is -0.0209. The van der Waals surface area contributed by atoms with E-state index in [1.165, 1.54) is 6.92 Å². The second kappa shape index (κ2) is 4.68. The van der Waals surface area contributed by atoms with E-state index in [0.717, 1.165) is 16.8 Å². The Morgan fingerprint density at radius 3 is 2.47 bits per heavy atom. The Balaban J connectivity index is 2.48. The Kier molecular flexibility index (Phi) is 3.25. The summed E-state index contributed by atoms with van der Waals surface area (Å²) >= 11 is 6.08. The van der Waals surface area contributed by atoms with E-state index in [1.807, 2.05) is 31.2 Å². The minimum absolute atomic E-state index is 0.0209. The third-order valence-corrected chi connectivity index (χ3v) is 2.89. The predicted octanol–water partition coefficient (Wildman–Crippen LogP) is 3.91. The number of Topliss-reactive ketones (excluding diaryl/α,β-unsaturated/α-hetero) is 1. The fourth-order valence-corrected chi connectivity index (χ4v) is 2.02. The van der Waals surface area contributed by atoms with Gasteiger partial charge in [-0.3, -0.25) is 9.78 Å². The van der Waals surface area contributed by atoms with E-state index >= 15 is 0 Å². The van der Waals surface area contributed by atoms with Gasteiger partial charge in [0, 0.05) is 17.5 Å². The van der Waals surface area contributed by atoms with Gasteiger partial charge in [0.1, 0.15) is 0 Å². The number of pyridine rings is 1. The molecule has 0 amide bonds. The van der Waals surface area contributed by atoms with Gasteiger partial charge in [-0.15, -0.1) is 0 Å². The molecule has 0 radical (unpaired) electrons. The Hall–Kier alpha value is -1.67. The molecule has 1 aromatic heterocycles. The van der Waals surface area contributed by atoms with Gasteiger partial charge in [0.25, 0.3) is 0 Å². The number of hydrogen-bond acceptors (Lipinski definition) is 2. The maximum absolute atomic E-state index is 11.3. The van der Waals surface area contributed by atoms with E-state index in [2.05, 4.69) is 4.98 Å². The average Bonchev–Trinajstić information content (AvgIpc) is 2.28. The van der Waals surface area contributed by atoms with Gasteiger partial charge in [-0.1, -0.05) is 17.7 Å².